The van der Waals surface area contributed by atoms with Crippen LogP contribution in [-0.2, 0) is 4.79 Å². The molecular formula is C30H24N2O2S. The third kappa shape index (κ3) is 5.00. The van der Waals surface area contributed by atoms with E-state index in [1.54, 1.807) is 7.11 Å². The molecule has 5 aromatic rings. The first-order chi connectivity index (χ1) is 17.2. The highest BCUT2D eigenvalue weighted by molar-refractivity contribution is 7.19. The number of nitrogens with one attached hydrogen (secondary N) is 1. The molecule has 0 atom stereocenters. The third-order valence-corrected chi connectivity index (χ3v) is 6.80. The number of methoxy groups -OCH3 is 1. The molecule has 0 saturated carbocycles. The molecule has 0 radical (unpaired) electrons. The second-order valence-corrected chi connectivity index (χ2v) is 9.03. The largest absolute Gasteiger partial charge is 0.497 e. The van der Waals surface area contributed by atoms with Crippen LogP contribution in [0.25, 0.3) is 21.7 Å². The lowest BCUT2D eigenvalue weighted by atomic mass is 9.90. The molecule has 172 valence electrons. The van der Waals surface area contributed by atoms with Gasteiger partial charge in [-0.1, -0.05) is 102 Å². The van der Waals surface area contributed by atoms with Gasteiger partial charge in [0.25, 0.3) is 0 Å². The maximum absolute atomic E-state index is 13.6. The van der Waals surface area contributed by atoms with Crippen molar-refractivity contribution in [2.24, 2.45) is 0 Å². The van der Waals surface area contributed by atoms with Crippen LogP contribution >= 0.6 is 11.3 Å². The van der Waals surface area contributed by atoms with Crippen molar-refractivity contribution < 1.29 is 9.53 Å². The predicted octanol–water partition coefficient (Wildman–Crippen LogP) is 7.26. The molecule has 4 nitrogen and oxygen atoms in total. The van der Waals surface area contributed by atoms with E-state index in [1.165, 1.54) is 11.3 Å². The van der Waals surface area contributed by atoms with Gasteiger partial charge >= 0.3 is 0 Å². The number of anilines is 1. The van der Waals surface area contributed by atoms with Crippen LogP contribution in [0.15, 0.2) is 115 Å². The summed E-state index contributed by atoms with van der Waals surface area (Å²) in [7, 11) is 1.65. The second-order valence-electron chi connectivity index (χ2n) is 8.03. The number of hydrogen-bond acceptors (Lipinski definition) is 4. The van der Waals surface area contributed by atoms with Crippen LogP contribution in [0.4, 0.5) is 5.13 Å². The number of carbonyl (C=O) groups excluding carboxylic acids is 1. The molecule has 1 amide bonds. The SMILES string of the molecule is COc1ccc(-c2nc(NC(=O)C(c3ccccc3)c3ccccc3)sc2-c2ccccc2)cc1. The van der Waals surface area contributed by atoms with E-state index in [-0.39, 0.29) is 5.91 Å². The Hall–Kier alpha value is -4.22. The summed E-state index contributed by atoms with van der Waals surface area (Å²) in [5.41, 5.74) is 4.72. The van der Waals surface area contributed by atoms with E-state index >= 15 is 0 Å². The maximum Gasteiger partial charge on any atom is 0.238 e. The zero-order valence-electron chi connectivity index (χ0n) is 19.2. The van der Waals surface area contributed by atoms with Crippen LogP contribution in [-0.4, -0.2) is 18.0 Å². The summed E-state index contributed by atoms with van der Waals surface area (Å²) < 4.78 is 5.31. The Kier molecular flexibility index (Phi) is 6.68. The fourth-order valence-electron chi connectivity index (χ4n) is 4.07. The molecule has 4 aromatic carbocycles. The van der Waals surface area contributed by atoms with Crippen molar-refractivity contribution in [2.45, 2.75) is 5.92 Å². The van der Waals surface area contributed by atoms with Gasteiger partial charge in [-0.2, -0.15) is 0 Å². The number of thiazole rings is 1. The smallest absolute Gasteiger partial charge is 0.238 e. The van der Waals surface area contributed by atoms with Crippen LogP contribution in [0.5, 0.6) is 5.75 Å². The fourth-order valence-corrected chi connectivity index (χ4v) is 5.06. The average molecular weight is 477 g/mol. The molecule has 0 aliphatic carbocycles. The predicted molar refractivity (Wildman–Crippen MR) is 143 cm³/mol. The minimum atomic E-state index is -0.439. The summed E-state index contributed by atoms with van der Waals surface area (Å²) in [4.78, 5) is 19.5. The molecule has 5 rings (SSSR count). The van der Waals surface area contributed by atoms with E-state index < -0.39 is 5.92 Å². The summed E-state index contributed by atoms with van der Waals surface area (Å²) in [6.45, 7) is 0. The van der Waals surface area contributed by atoms with Crippen molar-refractivity contribution in [1.29, 1.82) is 0 Å². The lowest BCUT2D eigenvalue weighted by molar-refractivity contribution is -0.116. The first-order valence-electron chi connectivity index (χ1n) is 11.3. The molecule has 0 unspecified atom stereocenters. The van der Waals surface area contributed by atoms with Crippen LogP contribution < -0.4 is 10.1 Å². The fraction of sp³-hybridized carbons (Fsp3) is 0.0667. The molecule has 0 aliphatic rings. The van der Waals surface area contributed by atoms with Gasteiger partial charge in [0, 0.05) is 5.56 Å². The third-order valence-electron chi connectivity index (χ3n) is 5.78. The number of aromatic nitrogens is 1. The maximum atomic E-state index is 13.6. The Morgan fingerprint density at radius 3 is 1.83 bits per heavy atom. The highest BCUT2D eigenvalue weighted by atomic mass is 32.1. The van der Waals surface area contributed by atoms with Gasteiger partial charge in [-0.25, -0.2) is 4.98 Å². The highest BCUT2D eigenvalue weighted by Gasteiger charge is 2.24. The minimum Gasteiger partial charge on any atom is -0.497 e. The van der Waals surface area contributed by atoms with E-state index in [2.05, 4.69) is 17.4 Å². The Balaban J connectivity index is 1.53. The molecule has 0 fully saturated rings. The molecule has 0 spiro atoms. The van der Waals surface area contributed by atoms with Gasteiger partial charge in [-0.05, 0) is 41.0 Å². The molecule has 5 heteroatoms. The Morgan fingerprint density at radius 2 is 1.29 bits per heavy atom. The van der Waals surface area contributed by atoms with Crippen LogP contribution in [0.1, 0.15) is 17.0 Å². The first-order valence-corrected chi connectivity index (χ1v) is 12.2. The lowest BCUT2D eigenvalue weighted by Crippen LogP contribution is -2.22. The quantitative estimate of drug-likeness (QED) is 0.269. The van der Waals surface area contributed by atoms with Gasteiger partial charge in [0.2, 0.25) is 5.91 Å². The normalized spacial score (nSPS) is 10.8. The molecule has 0 saturated heterocycles. The lowest BCUT2D eigenvalue weighted by Gasteiger charge is -2.17. The monoisotopic (exact) mass is 476 g/mol. The van der Waals surface area contributed by atoms with Crippen molar-refractivity contribution in [1.82, 2.24) is 4.98 Å². The van der Waals surface area contributed by atoms with Crippen LogP contribution in [0.3, 0.4) is 0 Å². The number of rotatable bonds is 7. The van der Waals surface area contributed by atoms with Gasteiger partial charge in [0.15, 0.2) is 5.13 Å². The molecule has 1 aromatic heterocycles. The van der Waals surface area contributed by atoms with Crippen molar-refractivity contribution in [3.05, 3.63) is 126 Å². The van der Waals surface area contributed by atoms with Crippen molar-refractivity contribution in [3.8, 4) is 27.4 Å². The standard InChI is InChI=1S/C30H24N2O2S/c1-34-25-19-17-23(18-20-25)27-28(24-15-9-4-10-16-24)35-30(31-27)32-29(33)26(21-11-5-2-6-12-21)22-13-7-3-8-14-22/h2-20,26H,1H3,(H,31,32,33). The van der Waals surface area contributed by atoms with E-state index in [4.69, 9.17) is 9.72 Å². The highest BCUT2D eigenvalue weighted by Crippen LogP contribution is 2.40. The van der Waals surface area contributed by atoms with Gasteiger partial charge < -0.3 is 10.1 Å². The summed E-state index contributed by atoms with van der Waals surface area (Å²) in [6, 6.07) is 37.6. The average Bonchev–Trinajstić information content (AvgIpc) is 3.34. The molecule has 35 heavy (non-hydrogen) atoms. The van der Waals surface area contributed by atoms with E-state index in [0.717, 1.165) is 38.6 Å². The van der Waals surface area contributed by atoms with E-state index in [1.807, 2.05) is 103 Å². The van der Waals surface area contributed by atoms with Crippen molar-refractivity contribution >= 4 is 22.4 Å². The van der Waals surface area contributed by atoms with E-state index in [9.17, 15) is 4.79 Å². The minimum absolute atomic E-state index is 0.114. The number of benzene rings is 4. The van der Waals surface area contributed by atoms with Gasteiger partial charge in [-0.15, -0.1) is 0 Å². The van der Waals surface area contributed by atoms with Gasteiger partial charge in [0.1, 0.15) is 5.75 Å². The topological polar surface area (TPSA) is 51.2 Å². The zero-order valence-corrected chi connectivity index (χ0v) is 20.0. The summed E-state index contributed by atoms with van der Waals surface area (Å²) in [5, 5.41) is 3.67. The van der Waals surface area contributed by atoms with Crippen molar-refractivity contribution in [3.63, 3.8) is 0 Å². The molecular weight excluding hydrogens is 452 g/mol. The number of nitrogens with zero attached hydrogens (tertiary/aromatic N) is 1. The molecule has 0 bridgehead atoms. The van der Waals surface area contributed by atoms with E-state index in [0.29, 0.717) is 5.13 Å². The second kappa shape index (κ2) is 10.4. The van der Waals surface area contributed by atoms with Crippen molar-refractivity contribution in [2.75, 3.05) is 12.4 Å². The molecule has 1 N–H and O–H groups in total. The summed E-state index contributed by atoms with van der Waals surface area (Å²) in [6.07, 6.45) is 0. The molecule has 0 aliphatic heterocycles. The Bertz CT molecular complexity index is 1360. The van der Waals surface area contributed by atoms with Crippen LogP contribution in [0.2, 0.25) is 0 Å². The number of hydrogen-bond donors (Lipinski definition) is 1. The molecule has 1 heterocycles. The summed E-state index contributed by atoms with van der Waals surface area (Å²) in [5.74, 6) is 0.232. The number of ether oxygens (including phenoxy) is 1. The number of carbonyl (C=O) groups is 1. The number of amides is 1. The first kappa shape index (κ1) is 22.6. The van der Waals surface area contributed by atoms with Gasteiger partial charge in [-0.3, -0.25) is 4.79 Å². The Labute approximate surface area is 208 Å². The van der Waals surface area contributed by atoms with Gasteiger partial charge in [0.05, 0.1) is 23.6 Å². The summed E-state index contributed by atoms with van der Waals surface area (Å²) >= 11 is 1.48. The zero-order chi connectivity index (χ0) is 24.0. The van der Waals surface area contributed by atoms with Crippen LogP contribution in [0, 0.1) is 0 Å². The Morgan fingerprint density at radius 1 is 0.743 bits per heavy atom.